The van der Waals surface area contributed by atoms with Crippen molar-refractivity contribution < 1.29 is 14.3 Å². The standard InChI is InChI=1S/C10H12FNO2/c1-12(10(13)14)7-6-8-4-2-3-5-9(8)11/h2-5H,6-7H2,1H3,(H,13,14). The van der Waals surface area contributed by atoms with E-state index in [2.05, 4.69) is 0 Å². The summed E-state index contributed by atoms with van der Waals surface area (Å²) in [6, 6.07) is 6.38. The molecule has 0 unspecified atom stereocenters. The molecule has 0 radical (unpaired) electrons. The van der Waals surface area contributed by atoms with Gasteiger partial charge in [0.05, 0.1) is 0 Å². The number of halogens is 1. The highest BCUT2D eigenvalue weighted by Crippen LogP contribution is 2.07. The monoisotopic (exact) mass is 197 g/mol. The Hall–Kier alpha value is -1.58. The maximum atomic E-state index is 13.1. The fraction of sp³-hybridized carbons (Fsp3) is 0.300. The maximum absolute atomic E-state index is 13.1. The molecule has 0 aliphatic rings. The highest BCUT2D eigenvalue weighted by Gasteiger charge is 2.06. The number of carboxylic acid groups (broad SMARTS) is 1. The lowest BCUT2D eigenvalue weighted by atomic mass is 10.1. The van der Waals surface area contributed by atoms with Crippen LogP contribution in [0.5, 0.6) is 0 Å². The molecule has 4 heteroatoms. The molecule has 1 aromatic rings. The maximum Gasteiger partial charge on any atom is 0.407 e. The Kier molecular flexibility index (Phi) is 3.45. The first-order chi connectivity index (χ1) is 6.61. The highest BCUT2D eigenvalue weighted by atomic mass is 19.1. The van der Waals surface area contributed by atoms with Crippen LogP contribution in [0.2, 0.25) is 0 Å². The van der Waals surface area contributed by atoms with Gasteiger partial charge in [-0.15, -0.1) is 0 Å². The van der Waals surface area contributed by atoms with Gasteiger partial charge >= 0.3 is 6.09 Å². The molecule has 0 heterocycles. The van der Waals surface area contributed by atoms with E-state index in [1.165, 1.54) is 13.1 Å². The van der Waals surface area contributed by atoms with Crippen molar-refractivity contribution in [3.63, 3.8) is 0 Å². The zero-order valence-corrected chi connectivity index (χ0v) is 7.90. The number of hydrogen-bond donors (Lipinski definition) is 1. The van der Waals surface area contributed by atoms with Crippen molar-refractivity contribution in [2.45, 2.75) is 6.42 Å². The second-order valence-corrected chi connectivity index (χ2v) is 3.05. The van der Waals surface area contributed by atoms with Gasteiger partial charge < -0.3 is 10.0 Å². The fourth-order valence-electron chi connectivity index (χ4n) is 1.08. The zero-order chi connectivity index (χ0) is 10.6. The van der Waals surface area contributed by atoms with Gasteiger partial charge in [-0.3, -0.25) is 0 Å². The van der Waals surface area contributed by atoms with E-state index in [0.717, 1.165) is 4.90 Å². The number of nitrogens with zero attached hydrogens (tertiary/aromatic N) is 1. The lowest BCUT2D eigenvalue weighted by molar-refractivity contribution is 0.156. The quantitative estimate of drug-likeness (QED) is 0.804. The molecule has 76 valence electrons. The van der Waals surface area contributed by atoms with Gasteiger partial charge in [0.15, 0.2) is 0 Å². The second-order valence-electron chi connectivity index (χ2n) is 3.05. The highest BCUT2D eigenvalue weighted by molar-refractivity contribution is 5.64. The normalized spacial score (nSPS) is 9.86. The van der Waals surface area contributed by atoms with Gasteiger partial charge in [-0.2, -0.15) is 0 Å². The minimum atomic E-state index is -0.999. The first-order valence-corrected chi connectivity index (χ1v) is 4.28. The molecule has 1 aromatic carbocycles. The Morgan fingerprint density at radius 3 is 2.71 bits per heavy atom. The Balaban J connectivity index is 2.54. The Morgan fingerprint density at radius 2 is 2.14 bits per heavy atom. The first-order valence-electron chi connectivity index (χ1n) is 4.28. The molecule has 0 fully saturated rings. The van der Waals surface area contributed by atoms with Crippen molar-refractivity contribution in [1.29, 1.82) is 0 Å². The molecular weight excluding hydrogens is 185 g/mol. The average Bonchev–Trinajstić information content (AvgIpc) is 2.16. The summed E-state index contributed by atoms with van der Waals surface area (Å²) in [7, 11) is 1.46. The largest absolute Gasteiger partial charge is 0.465 e. The average molecular weight is 197 g/mol. The van der Waals surface area contributed by atoms with Gasteiger partial charge in [0, 0.05) is 13.6 Å². The van der Waals surface area contributed by atoms with E-state index < -0.39 is 6.09 Å². The number of carbonyl (C=O) groups is 1. The van der Waals surface area contributed by atoms with Crippen LogP contribution < -0.4 is 0 Å². The number of benzene rings is 1. The van der Waals surface area contributed by atoms with Gasteiger partial charge in [0.25, 0.3) is 0 Å². The van der Waals surface area contributed by atoms with Crippen molar-refractivity contribution in [3.05, 3.63) is 35.6 Å². The molecule has 1 rings (SSSR count). The molecule has 0 saturated carbocycles. The molecule has 0 aliphatic carbocycles. The van der Waals surface area contributed by atoms with E-state index >= 15 is 0 Å². The van der Waals surface area contributed by atoms with Crippen molar-refractivity contribution in [3.8, 4) is 0 Å². The van der Waals surface area contributed by atoms with Gasteiger partial charge in [0.2, 0.25) is 0 Å². The second kappa shape index (κ2) is 4.60. The summed E-state index contributed by atoms with van der Waals surface area (Å²) < 4.78 is 13.1. The minimum Gasteiger partial charge on any atom is -0.465 e. The van der Waals surface area contributed by atoms with Crippen LogP contribution in [0.4, 0.5) is 9.18 Å². The summed E-state index contributed by atoms with van der Waals surface area (Å²) in [6.07, 6.45) is -0.600. The zero-order valence-electron chi connectivity index (χ0n) is 7.90. The summed E-state index contributed by atoms with van der Waals surface area (Å²) >= 11 is 0. The predicted molar refractivity (Wildman–Crippen MR) is 50.8 cm³/mol. The summed E-state index contributed by atoms with van der Waals surface area (Å²) in [5.41, 5.74) is 0.542. The Morgan fingerprint density at radius 1 is 1.50 bits per heavy atom. The summed E-state index contributed by atoms with van der Waals surface area (Å²) in [5, 5.41) is 8.56. The number of rotatable bonds is 3. The van der Waals surface area contributed by atoms with Crippen LogP contribution in [0.1, 0.15) is 5.56 Å². The third kappa shape index (κ3) is 2.73. The minimum absolute atomic E-state index is 0.286. The van der Waals surface area contributed by atoms with Crippen LogP contribution in [-0.2, 0) is 6.42 Å². The lowest BCUT2D eigenvalue weighted by Crippen LogP contribution is -2.27. The molecular formula is C10H12FNO2. The molecule has 0 spiro atoms. The first kappa shape index (κ1) is 10.5. The van der Waals surface area contributed by atoms with Crippen molar-refractivity contribution >= 4 is 6.09 Å². The summed E-state index contributed by atoms with van der Waals surface area (Å²) in [6.45, 7) is 0.302. The smallest absolute Gasteiger partial charge is 0.407 e. The van der Waals surface area contributed by atoms with E-state index in [4.69, 9.17) is 5.11 Å². The molecule has 0 aliphatic heterocycles. The summed E-state index contributed by atoms with van der Waals surface area (Å²) in [5.74, 6) is -0.286. The molecule has 1 amide bonds. The molecule has 0 saturated heterocycles. The molecule has 1 N–H and O–H groups in total. The lowest BCUT2D eigenvalue weighted by Gasteiger charge is -2.12. The SMILES string of the molecule is CN(CCc1ccccc1F)C(=O)O. The van der Waals surface area contributed by atoms with Crippen LogP contribution in [0.25, 0.3) is 0 Å². The molecule has 0 atom stereocenters. The molecule has 14 heavy (non-hydrogen) atoms. The van der Waals surface area contributed by atoms with E-state index in [1.54, 1.807) is 18.2 Å². The van der Waals surface area contributed by atoms with E-state index in [1.807, 2.05) is 0 Å². The van der Waals surface area contributed by atoms with Crippen molar-refractivity contribution in [1.82, 2.24) is 4.90 Å². The van der Waals surface area contributed by atoms with Crippen LogP contribution in [0, 0.1) is 5.82 Å². The van der Waals surface area contributed by atoms with Gasteiger partial charge in [0.1, 0.15) is 5.82 Å². The van der Waals surface area contributed by atoms with Crippen LogP contribution in [-0.4, -0.2) is 29.7 Å². The van der Waals surface area contributed by atoms with Gasteiger partial charge in [-0.25, -0.2) is 9.18 Å². The third-order valence-electron chi connectivity index (χ3n) is 2.00. The number of likely N-dealkylation sites (N-methyl/N-ethyl adjacent to an activating group) is 1. The van der Waals surface area contributed by atoms with E-state index in [9.17, 15) is 9.18 Å². The van der Waals surface area contributed by atoms with Crippen molar-refractivity contribution in [2.75, 3.05) is 13.6 Å². The molecule has 0 aromatic heterocycles. The van der Waals surface area contributed by atoms with Crippen LogP contribution >= 0.6 is 0 Å². The topological polar surface area (TPSA) is 40.5 Å². The third-order valence-corrected chi connectivity index (χ3v) is 2.00. The summed E-state index contributed by atoms with van der Waals surface area (Å²) in [4.78, 5) is 11.6. The van der Waals surface area contributed by atoms with Crippen molar-refractivity contribution in [2.24, 2.45) is 0 Å². The Labute approximate surface area is 81.8 Å². The van der Waals surface area contributed by atoms with Gasteiger partial charge in [-0.05, 0) is 18.1 Å². The molecule has 0 bridgehead atoms. The predicted octanol–water partition coefficient (Wildman–Crippen LogP) is 1.98. The number of amides is 1. The molecule has 3 nitrogen and oxygen atoms in total. The number of hydrogen-bond acceptors (Lipinski definition) is 1. The fourth-order valence-corrected chi connectivity index (χ4v) is 1.08. The van der Waals surface area contributed by atoms with E-state index in [-0.39, 0.29) is 5.82 Å². The van der Waals surface area contributed by atoms with Gasteiger partial charge in [-0.1, -0.05) is 18.2 Å². The van der Waals surface area contributed by atoms with Crippen LogP contribution in [0.15, 0.2) is 24.3 Å². The van der Waals surface area contributed by atoms with Crippen LogP contribution in [0.3, 0.4) is 0 Å². The van der Waals surface area contributed by atoms with E-state index in [0.29, 0.717) is 18.5 Å². The Bertz CT molecular complexity index is 328.